The van der Waals surface area contributed by atoms with Crippen LogP contribution in [0.4, 0.5) is 0 Å². The predicted octanol–water partition coefficient (Wildman–Crippen LogP) is 3.98. The molecular weight excluding hydrogens is 254 g/mol. The normalized spacial score (nSPS) is 18.8. The Morgan fingerprint density at radius 3 is 2.84 bits per heavy atom. The van der Waals surface area contributed by atoms with Crippen LogP contribution in [0, 0.1) is 5.92 Å². The first-order chi connectivity index (χ1) is 9.36. The topological polar surface area (TPSA) is 21.3 Å². The van der Waals surface area contributed by atoms with E-state index in [0.717, 1.165) is 19.1 Å². The van der Waals surface area contributed by atoms with E-state index >= 15 is 0 Å². The summed E-state index contributed by atoms with van der Waals surface area (Å²) >= 11 is 1.92. The second kappa shape index (κ2) is 6.04. The van der Waals surface area contributed by atoms with Crippen LogP contribution in [0.5, 0.6) is 0 Å². The molecular formula is C16H21NOS. The van der Waals surface area contributed by atoms with Crippen molar-refractivity contribution in [3.05, 3.63) is 35.2 Å². The molecule has 102 valence electrons. The summed E-state index contributed by atoms with van der Waals surface area (Å²) in [6.45, 7) is 1.88. The molecule has 1 aromatic heterocycles. The van der Waals surface area contributed by atoms with E-state index in [4.69, 9.17) is 4.74 Å². The molecule has 0 aliphatic carbocycles. The molecule has 2 aromatic rings. The molecule has 1 atom stereocenters. The third kappa shape index (κ3) is 2.99. The van der Waals surface area contributed by atoms with Crippen LogP contribution in [0.25, 0.3) is 10.1 Å². The lowest BCUT2D eigenvalue weighted by molar-refractivity contribution is 0.0609. The van der Waals surface area contributed by atoms with E-state index < -0.39 is 0 Å². The van der Waals surface area contributed by atoms with Crippen LogP contribution in [0.3, 0.4) is 0 Å². The summed E-state index contributed by atoms with van der Waals surface area (Å²) in [5.74, 6) is 0.802. The molecule has 1 aromatic carbocycles. The van der Waals surface area contributed by atoms with Crippen LogP contribution in [-0.4, -0.2) is 20.3 Å². The van der Waals surface area contributed by atoms with Crippen LogP contribution >= 0.6 is 11.3 Å². The average molecular weight is 275 g/mol. The molecule has 0 amide bonds. The predicted molar refractivity (Wildman–Crippen MR) is 81.8 cm³/mol. The highest BCUT2D eigenvalue weighted by molar-refractivity contribution is 7.19. The number of ether oxygens (including phenoxy) is 1. The molecule has 1 saturated heterocycles. The van der Waals surface area contributed by atoms with Gasteiger partial charge in [-0.15, -0.1) is 11.3 Å². The molecule has 2 heterocycles. The fourth-order valence-corrected chi connectivity index (χ4v) is 4.05. The molecule has 3 rings (SSSR count). The molecule has 0 spiro atoms. The first kappa shape index (κ1) is 13.1. The van der Waals surface area contributed by atoms with E-state index in [2.05, 4.69) is 42.7 Å². The van der Waals surface area contributed by atoms with Crippen molar-refractivity contribution in [3.63, 3.8) is 0 Å². The first-order valence-electron chi connectivity index (χ1n) is 7.10. The highest BCUT2D eigenvalue weighted by Crippen LogP contribution is 2.34. The van der Waals surface area contributed by atoms with Gasteiger partial charge in [0.1, 0.15) is 0 Å². The van der Waals surface area contributed by atoms with Crippen molar-refractivity contribution in [3.8, 4) is 0 Å². The van der Waals surface area contributed by atoms with Crippen LogP contribution in [0.15, 0.2) is 30.3 Å². The molecule has 1 fully saturated rings. The van der Waals surface area contributed by atoms with Gasteiger partial charge >= 0.3 is 0 Å². The molecule has 2 nitrogen and oxygen atoms in total. The van der Waals surface area contributed by atoms with E-state index in [1.165, 1.54) is 34.2 Å². The molecule has 1 N–H and O–H groups in total. The summed E-state index contributed by atoms with van der Waals surface area (Å²) < 4.78 is 6.84. The Morgan fingerprint density at radius 2 is 2.11 bits per heavy atom. The monoisotopic (exact) mass is 275 g/mol. The molecule has 1 aliphatic heterocycles. The van der Waals surface area contributed by atoms with Crippen LogP contribution in [0.2, 0.25) is 0 Å². The van der Waals surface area contributed by atoms with E-state index in [-0.39, 0.29) is 0 Å². The molecule has 1 unspecified atom stereocenters. The molecule has 3 heteroatoms. The minimum Gasteiger partial charge on any atom is -0.381 e. The van der Waals surface area contributed by atoms with Crippen molar-refractivity contribution in [2.24, 2.45) is 5.92 Å². The number of hydrogen-bond acceptors (Lipinski definition) is 3. The molecule has 0 radical (unpaired) electrons. The van der Waals surface area contributed by atoms with Crippen molar-refractivity contribution in [2.45, 2.75) is 25.3 Å². The lowest BCUT2D eigenvalue weighted by Crippen LogP contribution is -2.23. The highest BCUT2D eigenvalue weighted by Gasteiger charge is 2.20. The van der Waals surface area contributed by atoms with Crippen LogP contribution in [0.1, 0.15) is 30.2 Å². The highest BCUT2D eigenvalue weighted by atomic mass is 32.1. The minimum atomic E-state index is 0.487. The Kier molecular flexibility index (Phi) is 4.16. The second-order valence-electron chi connectivity index (χ2n) is 5.32. The lowest BCUT2D eigenvalue weighted by Gasteiger charge is -2.26. The number of benzene rings is 1. The van der Waals surface area contributed by atoms with Crippen molar-refractivity contribution < 1.29 is 4.74 Å². The van der Waals surface area contributed by atoms with E-state index in [1.807, 2.05) is 11.3 Å². The maximum Gasteiger partial charge on any atom is 0.0468 e. The third-order valence-electron chi connectivity index (χ3n) is 4.05. The second-order valence-corrected chi connectivity index (χ2v) is 6.43. The van der Waals surface area contributed by atoms with E-state index in [1.54, 1.807) is 0 Å². The van der Waals surface area contributed by atoms with Crippen molar-refractivity contribution >= 4 is 21.4 Å². The molecule has 0 bridgehead atoms. The summed E-state index contributed by atoms with van der Waals surface area (Å²) in [6, 6.07) is 11.5. The summed E-state index contributed by atoms with van der Waals surface area (Å²) in [5.41, 5.74) is 0. The lowest BCUT2D eigenvalue weighted by atomic mass is 9.92. The first-order valence-corrected chi connectivity index (χ1v) is 7.92. The zero-order valence-corrected chi connectivity index (χ0v) is 12.2. The summed E-state index contributed by atoms with van der Waals surface area (Å²) in [4.78, 5) is 1.47. The van der Waals surface area contributed by atoms with E-state index in [0.29, 0.717) is 6.04 Å². The van der Waals surface area contributed by atoms with Gasteiger partial charge in [0.2, 0.25) is 0 Å². The van der Waals surface area contributed by atoms with Gasteiger partial charge in [-0.1, -0.05) is 18.2 Å². The van der Waals surface area contributed by atoms with E-state index in [9.17, 15) is 0 Å². The Morgan fingerprint density at radius 1 is 1.32 bits per heavy atom. The van der Waals surface area contributed by atoms with Gasteiger partial charge in [0.15, 0.2) is 0 Å². The molecule has 0 saturated carbocycles. The molecule has 1 aliphatic rings. The van der Waals surface area contributed by atoms with Gasteiger partial charge in [-0.25, -0.2) is 0 Å². The maximum absolute atomic E-state index is 5.45. The molecule has 19 heavy (non-hydrogen) atoms. The van der Waals surface area contributed by atoms with Gasteiger partial charge in [0.05, 0.1) is 0 Å². The zero-order valence-electron chi connectivity index (χ0n) is 11.4. The number of nitrogens with one attached hydrogen (secondary N) is 1. The van der Waals surface area contributed by atoms with Crippen molar-refractivity contribution in [1.82, 2.24) is 5.32 Å². The van der Waals surface area contributed by atoms with Gasteiger partial charge in [0, 0.05) is 28.8 Å². The van der Waals surface area contributed by atoms with Gasteiger partial charge in [-0.05, 0) is 49.7 Å². The SMILES string of the molecule is CNC(CC1CCOCC1)c1cc2ccccc2s1. The van der Waals surface area contributed by atoms with Gasteiger partial charge in [0.25, 0.3) is 0 Å². The summed E-state index contributed by atoms with van der Waals surface area (Å²) in [7, 11) is 2.08. The number of fused-ring (bicyclic) bond motifs is 1. The Balaban J connectivity index is 1.76. The standard InChI is InChI=1S/C16H21NOS/c1-17-14(10-12-6-8-18-9-7-12)16-11-13-4-2-3-5-15(13)19-16/h2-5,11-12,14,17H,6-10H2,1H3. The van der Waals surface area contributed by atoms with Gasteiger partial charge in [-0.2, -0.15) is 0 Å². The van der Waals surface area contributed by atoms with Crippen molar-refractivity contribution in [2.75, 3.05) is 20.3 Å². The Bertz CT molecular complexity index is 497. The van der Waals surface area contributed by atoms with Crippen LogP contribution in [-0.2, 0) is 4.74 Å². The third-order valence-corrected chi connectivity index (χ3v) is 5.28. The summed E-state index contributed by atoms with van der Waals surface area (Å²) in [5, 5.41) is 4.87. The van der Waals surface area contributed by atoms with Crippen molar-refractivity contribution in [1.29, 1.82) is 0 Å². The zero-order chi connectivity index (χ0) is 13.1. The largest absolute Gasteiger partial charge is 0.381 e. The Labute approximate surface area is 118 Å². The van der Waals surface area contributed by atoms with Gasteiger partial charge < -0.3 is 10.1 Å². The fraction of sp³-hybridized carbons (Fsp3) is 0.500. The quantitative estimate of drug-likeness (QED) is 0.911. The minimum absolute atomic E-state index is 0.487. The number of rotatable bonds is 4. The Hall–Kier alpha value is -0.900. The van der Waals surface area contributed by atoms with Gasteiger partial charge in [-0.3, -0.25) is 0 Å². The number of thiophene rings is 1. The average Bonchev–Trinajstić information content (AvgIpc) is 2.89. The smallest absolute Gasteiger partial charge is 0.0468 e. The fourth-order valence-electron chi connectivity index (χ4n) is 2.87. The summed E-state index contributed by atoms with van der Waals surface area (Å²) in [6.07, 6.45) is 3.65. The number of hydrogen-bond donors (Lipinski definition) is 1. The van der Waals surface area contributed by atoms with Crippen LogP contribution < -0.4 is 5.32 Å². The maximum atomic E-state index is 5.45.